The van der Waals surface area contributed by atoms with Crippen LogP contribution in [0.1, 0.15) is 49.7 Å². The SMILES string of the molecule is [B]c1cc(C[C@@H](OC(=O)N2CCC(N3CCc4ccccc4NC3=O)CC2)C(=O)N2CCC(N3CCCC3)CC2)ccc1O. The van der Waals surface area contributed by atoms with Gasteiger partial charge in [-0.05, 0) is 81.3 Å². The van der Waals surface area contributed by atoms with Gasteiger partial charge in [0.05, 0.1) is 0 Å². The van der Waals surface area contributed by atoms with Crippen molar-refractivity contribution in [2.75, 3.05) is 51.1 Å². The molecule has 0 aliphatic carbocycles. The summed E-state index contributed by atoms with van der Waals surface area (Å²) in [7, 11) is 5.93. The number of ether oxygens (including phenoxy) is 1. The van der Waals surface area contributed by atoms with Crippen molar-refractivity contribution in [3.63, 3.8) is 0 Å². The summed E-state index contributed by atoms with van der Waals surface area (Å²) in [4.78, 5) is 48.2. The molecular weight excluding hydrogens is 557 g/mol. The fraction of sp³-hybridized carbons (Fsp3) is 0.545. The number of aromatic hydroxyl groups is 1. The number of rotatable bonds is 6. The molecule has 232 valence electrons. The lowest BCUT2D eigenvalue weighted by Gasteiger charge is -2.39. The minimum atomic E-state index is -0.998. The maximum absolute atomic E-state index is 13.8. The number of urea groups is 1. The van der Waals surface area contributed by atoms with Crippen molar-refractivity contribution in [1.29, 1.82) is 0 Å². The molecule has 2 aromatic carbocycles. The third kappa shape index (κ3) is 6.82. The molecule has 0 bridgehead atoms. The number of carbonyl (C=O) groups is 3. The Labute approximate surface area is 260 Å². The van der Waals surface area contributed by atoms with Crippen molar-refractivity contribution >= 4 is 37.0 Å². The van der Waals surface area contributed by atoms with E-state index in [1.165, 1.54) is 18.9 Å². The maximum Gasteiger partial charge on any atom is 0.410 e. The Morgan fingerprint density at radius 1 is 0.909 bits per heavy atom. The van der Waals surface area contributed by atoms with Gasteiger partial charge in [-0.3, -0.25) is 4.79 Å². The molecule has 2 radical (unpaired) electrons. The number of piperidine rings is 2. The molecule has 4 aliphatic heterocycles. The molecule has 0 unspecified atom stereocenters. The summed E-state index contributed by atoms with van der Waals surface area (Å²) < 4.78 is 5.96. The highest BCUT2D eigenvalue weighted by Gasteiger charge is 2.36. The molecule has 11 heteroatoms. The van der Waals surface area contributed by atoms with E-state index in [4.69, 9.17) is 12.6 Å². The first-order valence-electron chi connectivity index (χ1n) is 16.1. The molecule has 4 aliphatic rings. The van der Waals surface area contributed by atoms with Crippen LogP contribution >= 0.6 is 0 Å². The second-order valence-electron chi connectivity index (χ2n) is 12.5. The van der Waals surface area contributed by atoms with Gasteiger partial charge in [-0.1, -0.05) is 35.8 Å². The van der Waals surface area contributed by atoms with Gasteiger partial charge in [0.1, 0.15) is 13.6 Å². The first-order chi connectivity index (χ1) is 21.4. The summed E-state index contributed by atoms with van der Waals surface area (Å²) in [6.07, 6.45) is 5.02. The summed E-state index contributed by atoms with van der Waals surface area (Å²) in [5, 5.41) is 12.9. The Hall–Kier alpha value is -3.73. The highest BCUT2D eigenvalue weighted by atomic mass is 16.6. The number of nitrogens with zero attached hydrogens (tertiary/aromatic N) is 4. The maximum atomic E-state index is 13.8. The number of phenolic OH excluding ortho intramolecular Hbond substituents is 1. The van der Waals surface area contributed by atoms with Gasteiger partial charge in [0.25, 0.3) is 5.91 Å². The van der Waals surface area contributed by atoms with E-state index in [0.717, 1.165) is 43.6 Å². The fourth-order valence-electron chi connectivity index (χ4n) is 7.18. The predicted molar refractivity (Wildman–Crippen MR) is 168 cm³/mol. The topological polar surface area (TPSA) is 106 Å². The van der Waals surface area contributed by atoms with Crippen LogP contribution in [0.15, 0.2) is 42.5 Å². The molecule has 6 rings (SSSR count). The van der Waals surface area contributed by atoms with Crippen molar-refractivity contribution in [2.45, 2.75) is 69.6 Å². The average Bonchev–Trinajstić information content (AvgIpc) is 3.53. The monoisotopic (exact) mass is 599 g/mol. The van der Waals surface area contributed by atoms with Crippen LogP contribution in [0.25, 0.3) is 0 Å². The number of carbonyl (C=O) groups excluding carboxylic acids is 3. The molecule has 4 amide bonds. The number of benzene rings is 2. The molecular formula is C33H42BN5O5. The molecule has 3 saturated heterocycles. The first-order valence-corrected chi connectivity index (χ1v) is 16.1. The first kappa shape index (κ1) is 30.3. The second kappa shape index (κ2) is 13.5. The highest BCUT2D eigenvalue weighted by molar-refractivity contribution is 6.34. The molecule has 2 N–H and O–H groups in total. The van der Waals surface area contributed by atoms with Gasteiger partial charge in [0.15, 0.2) is 6.10 Å². The number of hydrogen-bond donors (Lipinski definition) is 2. The van der Waals surface area contributed by atoms with E-state index in [2.05, 4.69) is 10.2 Å². The minimum absolute atomic E-state index is 0.0164. The van der Waals surface area contributed by atoms with Crippen molar-refractivity contribution in [1.82, 2.24) is 19.6 Å². The van der Waals surface area contributed by atoms with Crippen LogP contribution in [-0.4, -0.2) is 115 Å². The van der Waals surface area contributed by atoms with E-state index in [-0.39, 0.29) is 35.6 Å². The fourth-order valence-corrected chi connectivity index (χ4v) is 7.18. The lowest BCUT2D eigenvalue weighted by Crippen LogP contribution is -2.52. The van der Waals surface area contributed by atoms with Crippen molar-refractivity contribution < 1.29 is 24.2 Å². The van der Waals surface area contributed by atoms with Crippen LogP contribution in [0.4, 0.5) is 15.3 Å². The van der Waals surface area contributed by atoms with E-state index < -0.39 is 12.2 Å². The number of phenols is 1. The smallest absolute Gasteiger partial charge is 0.410 e. The zero-order valence-corrected chi connectivity index (χ0v) is 25.3. The standard InChI is InChI=1S/C33H42BN5O5/c34-27-21-23(7-8-29(27)40)22-30(31(41)37-16-10-25(11-17-37)36-14-3-4-15-36)44-33(43)38-18-12-26(13-19-38)39-20-9-24-5-1-2-6-28(24)35-32(39)42/h1-2,5-8,21,25-26,30,40H,3-4,9-20,22H2,(H,35,42)/t30-/m1/s1. The number of fused-ring (bicyclic) bond motifs is 1. The minimum Gasteiger partial charge on any atom is -0.509 e. The van der Waals surface area contributed by atoms with E-state index in [1.807, 2.05) is 34.1 Å². The van der Waals surface area contributed by atoms with Gasteiger partial charge in [-0.2, -0.15) is 0 Å². The van der Waals surface area contributed by atoms with E-state index in [9.17, 15) is 19.5 Å². The van der Waals surface area contributed by atoms with E-state index in [0.29, 0.717) is 57.2 Å². The number of nitrogens with one attached hydrogen (secondary N) is 1. The molecule has 2 aromatic rings. The Kier molecular flexibility index (Phi) is 9.30. The van der Waals surface area contributed by atoms with Crippen LogP contribution in [-0.2, 0) is 22.4 Å². The Morgan fingerprint density at radius 2 is 1.59 bits per heavy atom. The van der Waals surface area contributed by atoms with Gasteiger partial charge >= 0.3 is 12.1 Å². The van der Waals surface area contributed by atoms with E-state index >= 15 is 0 Å². The molecule has 4 heterocycles. The number of para-hydroxylation sites is 1. The molecule has 0 saturated carbocycles. The van der Waals surface area contributed by atoms with Gasteiger partial charge in [-0.15, -0.1) is 0 Å². The zero-order chi connectivity index (χ0) is 30.6. The van der Waals surface area contributed by atoms with Crippen LogP contribution in [0.5, 0.6) is 5.75 Å². The third-order valence-electron chi connectivity index (χ3n) is 9.77. The normalized spacial score (nSPS) is 21.0. The van der Waals surface area contributed by atoms with Gasteiger partial charge in [-0.25, -0.2) is 9.59 Å². The Morgan fingerprint density at radius 3 is 2.32 bits per heavy atom. The molecule has 0 aromatic heterocycles. The quantitative estimate of drug-likeness (QED) is 0.495. The van der Waals surface area contributed by atoms with Crippen molar-refractivity contribution in [3.05, 3.63) is 53.6 Å². The second-order valence-corrected chi connectivity index (χ2v) is 12.5. The molecule has 0 spiro atoms. The summed E-state index contributed by atoms with van der Waals surface area (Å²) >= 11 is 0. The molecule has 3 fully saturated rings. The Bertz CT molecular complexity index is 1350. The van der Waals surface area contributed by atoms with Crippen LogP contribution in [0.2, 0.25) is 0 Å². The summed E-state index contributed by atoms with van der Waals surface area (Å²) in [5.41, 5.74) is 2.91. The molecule has 1 atom stereocenters. The van der Waals surface area contributed by atoms with Crippen LogP contribution < -0.4 is 10.8 Å². The van der Waals surface area contributed by atoms with Gasteiger partial charge < -0.3 is 34.8 Å². The van der Waals surface area contributed by atoms with Crippen molar-refractivity contribution in [3.8, 4) is 5.75 Å². The number of anilines is 1. The lowest BCUT2D eigenvalue weighted by molar-refractivity contribution is -0.142. The zero-order valence-electron chi connectivity index (χ0n) is 25.3. The number of amides is 4. The molecule has 44 heavy (non-hydrogen) atoms. The summed E-state index contributed by atoms with van der Waals surface area (Å²) in [5.74, 6) is -0.219. The Balaban J connectivity index is 1.07. The summed E-state index contributed by atoms with van der Waals surface area (Å²) in [6.45, 7) is 5.04. The highest BCUT2D eigenvalue weighted by Crippen LogP contribution is 2.26. The number of hydrogen-bond acceptors (Lipinski definition) is 6. The van der Waals surface area contributed by atoms with Crippen molar-refractivity contribution in [2.24, 2.45) is 0 Å². The van der Waals surface area contributed by atoms with Crippen LogP contribution in [0.3, 0.4) is 0 Å². The average molecular weight is 600 g/mol. The van der Waals surface area contributed by atoms with Gasteiger partial charge in [0, 0.05) is 56.9 Å². The molecule has 10 nitrogen and oxygen atoms in total. The predicted octanol–water partition coefficient (Wildman–Crippen LogP) is 2.88. The third-order valence-corrected chi connectivity index (χ3v) is 9.77. The number of likely N-dealkylation sites (tertiary alicyclic amines) is 3. The van der Waals surface area contributed by atoms with Crippen LogP contribution in [0, 0.1) is 0 Å². The largest absolute Gasteiger partial charge is 0.509 e. The lowest BCUT2D eigenvalue weighted by atomic mass is 9.91. The van der Waals surface area contributed by atoms with Gasteiger partial charge in [0.2, 0.25) is 0 Å². The van der Waals surface area contributed by atoms with E-state index in [1.54, 1.807) is 17.0 Å². The summed E-state index contributed by atoms with van der Waals surface area (Å²) in [6, 6.07) is 13.1.